The Bertz CT molecular complexity index is 1990. The minimum atomic E-state index is -4.96. The quantitative estimate of drug-likeness (QED) is 0.0222. The van der Waals surface area contributed by atoms with Gasteiger partial charge in [0.2, 0.25) is 0 Å². The molecule has 618 valence electrons. The van der Waals surface area contributed by atoms with Crippen LogP contribution in [0.25, 0.3) is 0 Å². The van der Waals surface area contributed by atoms with Gasteiger partial charge in [0.05, 0.1) is 26.4 Å². The highest BCUT2D eigenvalue weighted by molar-refractivity contribution is 7.47. The summed E-state index contributed by atoms with van der Waals surface area (Å²) in [6, 6.07) is 0. The van der Waals surface area contributed by atoms with Crippen LogP contribution < -0.4 is 0 Å². The number of aliphatic hydroxyl groups excluding tert-OH is 1. The summed E-state index contributed by atoms with van der Waals surface area (Å²) in [5.74, 6) is -0.534. The third-order valence-corrected chi connectivity index (χ3v) is 21.9. The third kappa shape index (κ3) is 78.2. The summed E-state index contributed by atoms with van der Waals surface area (Å²) in [6.45, 7) is 9.66. The van der Waals surface area contributed by atoms with Crippen LogP contribution in [0.4, 0.5) is 0 Å². The summed E-state index contributed by atoms with van der Waals surface area (Å²) in [4.78, 5) is 73.1. The van der Waals surface area contributed by atoms with Gasteiger partial charge in [-0.2, -0.15) is 0 Å². The molecule has 0 saturated carbocycles. The summed E-state index contributed by atoms with van der Waals surface area (Å²) in [5.41, 5.74) is 0. The van der Waals surface area contributed by atoms with Crippen LogP contribution in [0, 0.1) is 11.8 Å². The summed E-state index contributed by atoms with van der Waals surface area (Å²) in [7, 11) is -9.92. The fourth-order valence-electron chi connectivity index (χ4n) is 13.2. The van der Waals surface area contributed by atoms with Gasteiger partial charge in [-0.05, 0) is 37.5 Å². The highest BCUT2D eigenvalue weighted by Crippen LogP contribution is 2.45. The molecule has 0 heterocycles. The number of phosphoric acid groups is 2. The van der Waals surface area contributed by atoms with Gasteiger partial charge in [0, 0.05) is 25.7 Å². The Kier molecular flexibility index (Phi) is 75.0. The second-order valence-corrected chi connectivity index (χ2v) is 34.4. The van der Waals surface area contributed by atoms with Gasteiger partial charge in [-0.3, -0.25) is 37.3 Å². The summed E-state index contributed by atoms with van der Waals surface area (Å²) < 4.78 is 68.8. The monoisotopic (exact) mass is 1520 g/mol. The van der Waals surface area contributed by atoms with E-state index in [1.54, 1.807) is 0 Å². The van der Waals surface area contributed by atoms with E-state index in [1.165, 1.54) is 270 Å². The highest BCUT2D eigenvalue weighted by atomic mass is 31.2. The minimum Gasteiger partial charge on any atom is -0.462 e. The first-order chi connectivity index (χ1) is 50.4. The average Bonchev–Trinajstić information content (AvgIpc) is 0.908. The predicted octanol–water partition coefficient (Wildman–Crippen LogP) is 25.8. The topological polar surface area (TPSA) is 237 Å². The maximum Gasteiger partial charge on any atom is 0.472 e. The Morgan fingerprint density at radius 3 is 0.654 bits per heavy atom. The van der Waals surface area contributed by atoms with Crippen LogP contribution >= 0.6 is 15.6 Å². The Hall–Kier alpha value is -1.94. The Morgan fingerprint density at radius 1 is 0.260 bits per heavy atom. The zero-order valence-corrected chi connectivity index (χ0v) is 70.1. The molecule has 0 spiro atoms. The van der Waals surface area contributed by atoms with Crippen LogP contribution in [0.15, 0.2) is 0 Å². The molecule has 0 aliphatic rings. The van der Waals surface area contributed by atoms with Gasteiger partial charge in [-0.15, -0.1) is 0 Å². The van der Waals surface area contributed by atoms with Gasteiger partial charge < -0.3 is 33.8 Å². The van der Waals surface area contributed by atoms with E-state index in [0.29, 0.717) is 25.7 Å². The largest absolute Gasteiger partial charge is 0.472 e. The number of aliphatic hydroxyl groups is 1. The van der Waals surface area contributed by atoms with Gasteiger partial charge in [0.1, 0.15) is 19.3 Å². The molecule has 0 bridgehead atoms. The number of hydrogen-bond acceptors (Lipinski definition) is 15. The maximum atomic E-state index is 13.1. The van der Waals surface area contributed by atoms with Crippen LogP contribution in [0.2, 0.25) is 0 Å². The zero-order valence-electron chi connectivity index (χ0n) is 68.3. The number of esters is 4. The predicted molar refractivity (Wildman–Crippen MR) is 428 cm³/mol. The van der Waals surface area contributed by atoms with Gasteiger partial charge in [-0.1, -0.05) is 401 Å². The second-order valence-electron chi connectivity index (χ2n) is 31.5. The van der Waals surface area contributed by atoms with E-state index < -0.39 is 97.5 Å². The molecule has 17 nitrogen and oxygen atoms in total. The smallest absolute Gasteiger partial charge is 0.462 e. The average molecular weight is 1520 g/mol. The first kappa shape index (κ1) is 102. The lowest BCUT2D eigenvalue weighted by Gasteiger charge is -2.21. The molecule has 104 heavy (non-hydrogen) atoms. The molecule has 0 rings (SSSR count). The van der Waals surface area contributed by atoms with Gasteiger partial charge >= 0.3 is 39.5 Å². The van der Waals surface area contributed by atoms with E-state index in [9.17, 15) is 43.2 Å². The number of rotatable bonds is 84. The molecular weight excluding hydrogens is 1350 g/mol. The van der Waals surface area contributed by atoms with Crippen molar-refractivity contribution in [3.8, 4) is 0 Å². The van der Waals surface area contributed by atoms with Crippen molar-refractivity contribution in [1.82, 2.24) is 0 Å². The number of unbranched alkanes of at least 4 members (excludes halogenated alkanes) is 54. The Balaban J connectivity index is 5.19. The molecule has 0 amide bonds. The lowest BCUT2D eigenvalue weighted by molar-refractivity contribution is -0.161. The van der Waals surface area contributed by atoms with E-state index in [0.717, 1.165) is 102 Å². The van der Waals surface area contributed by atoms with E-state index in [4.69, 9.17) is 37.0 Å². The van der Waals surface area contributed by atoms with Gasteiger partial charge in [0.25, 0.3) is 0 Å². The van der Waals surface area contributed by atoms with Crippen molar-refractivity contribution in [3.63, 3.8) is 0 Å². The molecule has 0 fully saturated rings. The fourth-order valence-corrected chi connectivity index (χ4v) is 14.8. The SMILES string of the molecule is CCCCCCCCCCCCCCCCCCCCCCCC(=O)OC[C@H](COP(=O)(O)OC[C@@H](O)COP(=O)(O)OC[C@@H](COC(=O)CCCCCCCCCCC)OC(=O)CCCCCCCCCCCCC(C)C)OC(=O)CCCCCCCCCCCCCCCCCCCCC(C)C. The first-order valence-corrected chi connectivity index (χ1v) is 47.0. The molecule has 19 heteroatoms. The lowest BCUT2D eigenvalue weighted by atomic mass is 10.0. The molecule has 0 radical (unpaired) electrons. The van der Waals surface area contributed by atoms with Crippen molar-refractivity contribution in [2.24, 2.45) is 11.8 Å². The van der Waals surface area contributed by atoms with Crippen LogP contribution in [0.5, 0.6) is 0 Å². The second kappa shape index (κ2) is 76.4. The molecule has 5 atom stereocenters. The number of carbonyl (C=O) groups is 4. The minimum absolute atomic E-state index is 0.106. The van der Waals surface area contributed by atoms with Crippen LogP contribution in [-0.4, -0.2) is 96.7 Å². The van der Waals surface area contributed by atoms with Gasteiger partial charge in [0.15, 0.2) is 12.2 Å². The number of carbonyl (C=O) groups excluding carboxylic acids is 4. The van der Waals surface area contributed by atoms with Crippen molar-refractivity contribution in [1.29, 1.82) is 0 Å². The molecular formula is C85H166O17P2. The molecule has 0 aliphatic heterocycles. The van der Waals surface area contributed by atoms with Crippen molar-refractivity contribution in [2.75, 3.05) is 39.6 Å². The molecule has 0 saturated heterocycles. The fraction of sp³-hybridized carbons (Fsp3) is 0.953. The van der Waals surface area contributed by atoms with E-state index in [2.05, 4.69) is 41.5 Å². The van der Waals surface area contributed by atoms with Crippen LogP contribution in [0.3, 0.4) is 0 Å². The summed E-state index contributed by atoms with van der Waals surface area (Å²) in [6.07, 6.45) is 68.2. The van der Waals surface area contributed by atoms with Crippen LogP contribution in [-0.2, 0) is 65.4 Å². The maximum absolute atomic E-state index is 13.1. The van der Waals surface area contributed by atoms with Crippen molar-refractivity contribution in [2.45, 2.75) is 471 Å². The number of hydrogen-bond donors (Lipinski definition) is 3. The van der Waals surface area contributed by atoms with Crippen molar-refractivity contribution >= 4 is 39.5 Å². The van der Waals surface area contributed by atoms with E-state index >= 15 is 0 Å². The third-order valence-electron chi connectivity index (χ3n) is 20.0. The van der Waals surface area contributed by atoms with Gasteiger partial charge in [-0.25, -0.2) is 9.13 Å². The first-order valence-electron chi connectivity index (χ1n) is 44.0. The summed E-state index contributed by atoms with van der Waals surface area (Å²) >= 11 is 0. The Morgan fingerprint density at radius 2 is 0.442 bits per heavy atom. The highest BCUT2D eigenvalue weighted by Gasteiger charge is 2.30. The zero-order chi connectivity index (χ0) is 76.4. The van der Waals surface area contributed by atoms with E-state index in [-0.39, 0.29) is 25.7 Å². The standard InChI is InChI=1S/C85H166O17P2/c1-7-9-11-13-15-17-18-19-20-21-22-23-24-28-31-34-37-44-50-56-62-68-83(88)96-74-81(101-84(89)69-63-57-51-45-38-35-32-29-26-25-27-30-33-36-42-47-53-59-65-77(3)4)76-100-104(93,94)98-72-79(86)71-97-103(91,92)99-75-80(73-95-82(87)67-61-55-49-41-16-14-12-10-8-2)102-85(90)70-64-58-52-46-40-39-43-48-54-60-66-78(5)6/h77-81,86H,7-76H2,1-6H3,(H,91,92)(H,93,94)/t79-,80+,81+/m0/s1. The number of ether oxygens (including phenoxy) is 4. The lowest BCUT2D eigenvalue weighted by Crippen LogP contribution is -2.30. The molecule has 0 aromatic carbocycles. The molecule has 2 unspecified atom stereocenters. The molecule has 0 aromatic heterocycles. The molecule has 3 N–H and O–H groups in total. The van der Waals surface area contributed by atoms with Crippen LogP contribution in [0.1, 0.15) is 452 Å². The normalized spacial score (nSPS) is 13.8. The van der Waals surface area contributed by atoms with Crippen molar-refractivity contribution in [3.05, 3.63) is 0 Å². The molecule has 0 aliphatic carbocycles. The van der Waals surface area contributed by atoms with Crippen molar-refractivity contribution < 1.29 is 80.2 Å². The Labute approximate surface area is 638 Å². The summed E-state index contributed by atoms with van der Waals surface area (Å²) in [5, 5.41) is 10.7. The number of phosphoric ester groups is 2. The van der Waals surface area contributed by atoms with E-state index in [1.807, 2.05) is 0 Å². The molecule has 0 aromatic rings.